The Bertz CT molecular complexity index is 231. The summed E-state index contributed by atoms with van der Waals surface area (Å²) in [5, 5.41) is 5.73. The van der Waals surface area contributed by atoms with Crippen LogP contribution in [0.15, 0.2) is 10.5 Å². The van der Waals surface area contributed by atoms with E-state index in [1.54, 1.807) is 0 Å². The van der Waals surface area contributed by atoms with Crippen molar-refractivity contribution in [2.75, 3.05) is 7.11 Å². The number of rotatable bonds is 3. The van der Waals surface area contributed by atoms with Gasteiger partial charge in [0.15, 0.2) is 5.51 Å². The predicted molar refractivity (Wildman–Crippen MR) is 44.8 cm³/mol. The van der Waals surface area contributed by atoms with Crippen molar-refractivity contribution in [3.05, 3.63) is 16.6 Å². The molecule has 11 heavy (non-hydrogen) atoms. The summed E-state index contributed by atoms with van der Waals surface area (Å²) < 4.78 is 0. The normalized spacial score (nSPS) is 11.6. The summed E-state index contributed by atoms with van der Waals surface area (Å²) in [5.41, 5.74) is 4.48. The predicted octanol–water partition coefficient (Wildman–Crippen LogP) is 1.70. The first-order valence-electron chi connectivity index (χ1n) is 3.30. The lowest BCUT2D eigenvalue weighted by atomic mass is 10.2. The summed E-state index contributed by atoms with van der Waals surface area (Å²) >= 11 is 1.44. The summed E-state index contributed by atoms with van der Waals surface area (Å²) in [4.78, 5) is 8.65. The molecule has 0 aliphatic rings. The molecule has 0 unspecified atom stereocenters. The Hall–Kier alpha value is -0.900. The third-order valence-electron chi connectivity index (χ3n) is 1.22. The second kappa shape index (κ2) is 4.08. The van der Waals surface area contributed by atoms with Crippen LogP contribution in [-0.2, 0) is 4.84 Å². The van der Waals surface area contributed by atoms with Gasteiger partial charge in [0.2, 0.25) is 0 Å². The fourth-order valence-electron chi connectivity index (χ4n) is 0.719. The Kier molecular flexibility index (Phi) is 3.04. The highest BCUT2D eigenvalue weighted by Crippen LogP contribution is 2.04. The Morgan fingerprint density at radius 3 is 3.18 bits per heavy atom. The lowest BCUT2D eigenvalue weighted by Gasteiger charge is -1.95. The summed E-state index contributed by atoms with van der Waals surface area (Å²) in [5.74, 6) is 0. The molecular formula is C7H9N2OS. The molecule has 0 aliphatic heterocycles. The van der Waals surface area contributed by atoms with Crippen LogP contribution in [0.5, 0.6) is 0 Å². The molecule has 1 rings (SSSR count). The van der Waals surface area contributed by atoms with Crippen LogP contribution < -0.4 is 0 Å². The van der Waals surface area contributed by atoms with Gasteiger partial charge in [-0.1, -0.05) is 12.1 Å². The van der Waals surface area contributed by atoms with Crippen LogP contribution in [0.4, 0.5) is 0 Å². The number of nitrogens with zero attached hydrogens (tertiary/aromatic N) is 2. The monoisotopic (exact) mass is 169 g/mol. The fraction of sp³-hybridized carbons (Fsp3) is 0.429. The van der Waals surface area contributed by atoms with E-state index in [2.05, 4.69) is 20.5 Å². The van der Waals surface area contributed by atoms with Crippen molar-refractivity contribution in [1.29, 1.82) is 0 Å². The molecule has 4 heteroatoms. The summed E-state index contributed by atoms with van der Waals surface area (Å²) in [6.45, 7) is 2.01. The molecule has 1 aromatic heterocycles. The SMILES string of the molecule is CCC(=NOC)c1cs[c]n1. The molecular weight excluding hydrogens is 160 g/mol. The van der Waals surface area contributed by atoms with Gasteiger partial charge in [0.05, 0.1) is 5.69 Å². The van der Waals surface area contributed by atoms with Crippen LogP contribution >= 0.6 is 11.3 Å². The number of thiazole rings is 1. The maximum Gasteiger partial charge on any atom is 0.152 e. The first-order valence-corrected chi connectivity index (χ1v) is 4.18. The Balaban J connectivity index is 2.79. The van der Waals surface area contributed by atoms with Crippen molar-refractivity contribution in [2.24, 2.45) is 5.16 Å². The summed E-state index contributed by atoms with van der Waals surface area (Å²) in [7, 11) is 1.53. The van der Waals surface area contributed by atoms with Gasteiger partial charge in [0, 0.05) is 5.38 Å². The van der Waals surface area contributed by atoms with E-state index in [9.17, 15) is 0 Å². The lowest BCUT2D eigenvalue weighted by molar-refractivity contribution is 0.213. The molecule has 0 spiro atoms. The first-order chi connectivity index (χ1) is 5.38. The van der Waals surface area contributed by atoms with Gasteiger partial charge >= 0.3 is 0 Å². The Morgan fingerprint density at radius 1 is 1.91 bits per heavy atom. The Morgan fingerprint density at radius 2 is 2.73 bits per heavy atom. The van der Waals surface area contributed by atoms with Gasteiger partial charge < -0.3 is 4.84 Å². The van der Waals surface area contributed by atoms with Gasteiger partial charge in [0.1, 0.15) is 12.8 Å². The molecule has 59 valence electrons. The minimum Gasteiger partial charge on any atom is -0.399 e. The van der Waals surface area contributed by atoms with Crippen molar-refractivity contribution in [2.45, 2.75) is 13.3 Å². The van der Waals surface area contributed by atoms with Crippen LogP contribution in [0, 0.1) is 5.51 Å². The number of aromatic nitrogens is 1. The lowest BCUT2D eigenvalue weighted by Crippen LogP contribution is -1.99. The zero-order valence-corrected chi connectivity index (χ0v) is 7.31. The van der Waals surface area contributed by atoms with Crippen LogP contribution in [-0.4, -0.2) is 17.8 Å². The molecule has 1 aromatic rings. The van der Waals surface area contributed by atoms with E-state index in [1.807, 2.05) is 12.3 Å². The highest BCUT2D eigenvalue weighted by molar-refractivity contribution is 7.07. The maximum absolute atomic E-state index is 4.66. The molecule has 0 fully saturated rings. The van der Waals surface area contributed by atoms with Crippen LogP contribution in [0.2, 0.25) is 0 Å². The van der Waals surface area contributed by atoms with E-state index in [4.69, 9.17) is 0 Å². The van der Waals surface area contributed by atoms with E-state index in [-0.39, 0.29) is 0 Å². The van der Waals surface area contributed by atoms with Crippen LogP contribution in [0.1, 0.15) is 19.0 Å². The third-order valence-corrected chi connectivity index (χ3v) is 1.76. The van der Waals surface area contributed by atoms with E-state index in [0.717, 1.165) is 17.8 Å². The largest absolute Gasteiger partial charge is 0.399 e. The molecule has 0 atom stereocenters. The topological polar surface area (TPSA) is 34.5 Å². The molecule has 0 saturated heterocycles. The van der Waals surface area contributed by atoms with Crippen molar-refractivity contribution in [1.82, 2.24) is 4.98 Å². The minimum atomic E-state index is 0.825. The van der Waals surface area contributed by atoms with Gasteiger partial charge in [0.25, 0.3) is 0 Å². The van der Waals surface area contributed by atoms with Crippen molar-refractivity contribution in [3.63, 3.8) is 0 Å². The molecule has 3 nitrogen and oxygen atoms in total. The average molecular weight is 169 g/mol. The van der Waals surface area contributed by atoms with Crippen LogP contribution in [0.3, 0.4) is 0 Å². The van der Waals surface area contributed by atoms with Crippen molar-refractivity contribution in [3.8, 4) is 0 Å². The quantitative estimate of drug-likeness (QED) is 0.510. The zero-order valence-electron chi connectivity index (χ0n) is 6.50. The highest BCUT2D eigenvalue weighted by atomic mass is 32.1. The average Bonchev–Trinajstić information content (AvgIpc) is 2.52. The van der Waals surface area contributed by atoms with E-state index >= 15 is 0 Å². The van der Waals surface area contributed by atoms with E-state index < -0.39 is 0 Å². The van der Waals surface area contributed by atoms with Gasteiger partial charge in [-0.05, 0) is 6.42 Å². The van der Waals surface area contributed by atoms with Gasteiger partial charge in [-0.15, -0.1) is 11.3 Å². The Labute approximate surface area is 69.7 Å². The molecule has 0 amide bonds. The molecule has 0 aliphatic carbocycles. The molecule has 0 bridgehead atoms. The number of hydrogen-bond donors (Lipinski definition) is 0. The van der Waals surface area contributed by atoms with Crippen molar-refractivity contribution < 1.29 is 4.84 Å². The first kappa shape index (κ1) is 8.20. The third kappa shape index (κ3) is 2.01. The van der Waals surface area contributed by atoms with Crippen molar-refractivity contribution >= 4 is 17.0 Å². The van der Waals surface area contributed by atoms with Crippen LogP contribution in [0.25, 0.3) is 0 Å². The minimum absolute atomic E-state index is 0.825. The fourth-order valence-corrected chi connectivity index (χ4v) is 1.22. The molecule has 1 radical (unpaired) electrons. The second-order valence-electron chi connectivity index (χ2n) is 1.90. The molecule has 0 saturated carbocycles. The smallest absolute Gasteiger partial charge is 0.152 e. The van der Waals surface area contributed by atoms with Gasteiger partial charge in [-0.3, -0.25) is 0 Å². The van der Waals surface area contributed by atoms with Gasteiger partial charge in [-0.2, -0.15) is 0 Å². The number of hydrogen-bond acceptors (Lipinski definition) is 4. The molecule has 1 heterocycles. The highest BCUT2D eigenvalue weighted by Gasteiger charge is 2.02. The second-order valence-corrected chi connectivity index (χ2v) is 2.55. The summed E-state index contributed by atoms with van der Waals surface area (Å²) in [6, 6.07) is 0. The van der Waals surface area contributed by atoms with E-state index in [1.165, 1.54) is 18.4 Å². The van der Waals surface area contributed by atoms with E-state index in [0.29, 0.717) is 0 Å². The molecule has 0 N–H and O–H groups in total. The molecule has 0 aromatic carbocycles. The maximum atomic E-state index is 4.66. The van der Waals surface area contributed by atoms with Gasteiger partial charge in [-0.25, -0.2) is 4.98 Å². The standard InChI is InChI=1S/C7H9N2OS/c1-3-6(9-10-2)7-4-11-5-8-7/h4H,3H2,1-2H3. The zero-order chi connectivity index (χ0) is 8.10. The summed E-state index contributed by atoms with van der Waals surface area (Å²) in [6.07, 6.45) is 0.825. The number of oxime groups is 1.